The van der Waals surface area contributed by atoms with Crippen molar-refractivity contribution in [2.45, 2.75) is 25.9 Å². The maximum atomic E-state index is 12.8. The second kappa shape index (κ2) is 9.73. The van der Waals surface area contributed by atoms with E-state index in [4.69, 9.17) is 14.6 Å². The molecule has 7 heteroatoms. The molecule has 0 bridgehead atoms. The molecule has 1 amide bonds. The van der Waals surface area contributed by atoms with Crippen LogP contribution in [0.3, 0.4) is 0 Å². The van der Waals surface area contributed by atoms with Crippen molar-refractivity contribution in [3.63, 3.8) is 0 Å². The predicted molar refractivity (Wildman–Crippen MR) is 77.2 cm³/mol. The molecule has 2 N–H and O–H groups in total. The largest absolute Gasteiger partial charge is 0.478 e. The van der Waals surface area contributed by atoms with Gasteiger partial charge in [0.1, 0.15) is 11.6 Å². The lowest BCUT2D eigenvalue weighted by molar-refractivity contribution is -0.145. The van der Waals surface area contributed by atoms with Gasteiger partial charge in [0, 0.05) is 19.6 Å². The van der Waals surface area contributed by atoms with Gasteiger partial charge in [0.05, 0.1) is 6.54 Å². The summed E-state index contributed by atoms with van der Waals surface area (Å²) < 4.78 is 23.1. The Bertz CT molecular complexity index is 477. The monoisotopic (exact) mass is 313 g/mol. The molecule has 0 aliphatic carbocycles. The number of halogens is 1. The van der Waals surface area contributed by atoms with Crippen molar-refractivity contribution < 1.29 is 28.6 Å². The van der Waals surface area contributed by atoms with Gasteiger partial charge in [-0.15, -0.1) is 0 Å². The molecule has 0 saturated heterocycles. The zero-order valence-corrected chi connectivity index (χ0v) is 12.4. The maximum Gasteiger partial charge on any atom is 0.346 e. The molecule has 6 nitrogen and oxygen atoms in total. The number of amides is 1. The van der Waals surface area contributed by atoms with Gasteiger partial charge in [-0.25, -0.2) is 9.18 Å². The number of aliphatic carboxylic acids is 1. The van der Waals surface area contributed by atoms with Crippen LogP contribution in [-0.4, -0.2) is 42.8 Å². The van der Waals surface area contributed by atoms with Crippen molar-refractivity contribution in [3.05, 3.63) is 30.1 Å². The van der Waals surface area contributed by atoms with Gasteiger partial charge in [-0.05, 0) is 37.6 Å². The first-order valence-corrected chi connectivity index (χ1v) is 7.02. The first-order valence-electron chi connectivity index (χ1n) is 7.02. The van der Waals surface area contributed by atoms with Gasteiger partial charge in [-0.3, -0.25) is 4.79 Å². The molecule has 22 heavy (non-hydrogen) atoms. The average molecular weight is 313 g/mol. The Morgan fingerprint density at radius 1 is 1.32 bits per heavy atom. The molecule has 1 aromatic rings. The molecule has 1 rings (SSSR count). The molecule has 0 heterocycles. The van der Waals surface area contributed by atoms with Crippen LogP contribution in [0.15, 0.2) is 24.3 Å². The van der Waals surface area contributed by atoms with Crippen LogP contribution in [0, 0.1) is 5.82 Å². The number of hydrogen-bond acceptors (Lipinski definition) is 4. The zero-order chi connectivity index (χ0) is 16.4. The third-order valence-corrected chi connectivity index (χ3v) is 2.75. The fourth-order valence-corrected chi connectivity index (χ4v) is 1.63. The number of benzene rings is 1. The minimum Gasteiger partial charge on any atom is -0.478 e. The summed E-state index contributed by atoms with van der Waals surface area (Å²) in [6, 6.07) is 4.99. The fraction of sp³-hybridized carbons (Fsp3) is 0.467. The molecule has 1 aromatic carbocycles. The number of carbonyl (C=O) groups is 2. The number of carboxylic acids is 1. The Labute approximate surface area is 128 Å². The second-order valence-corrected chi connectivity index (χ2v) is 4.50. The van der Waals surface area contributed by atoms with E-state index in [0.29, 0.717) is 19.6 Å². The van der Waals surface area contributed by atoms with Gasteiger partial charge in [-0.2, -0.15) is 0 Å². The Morgan fingerprint density at radius 2 is 2.00 bits per heavy atom. The fourth-order valence-electron chi connectivity index (χ4n) is 1.63. The number of rotatable bonds is 10. The summed E-state index contributed by atoms with van der Waals surface area (Å²) >= 11 is 0. The second-order valence-electron chi connectivity index (χ2n) is 4.50. The third-order valence-electron chi connectivity index (χ3n) is 2.75. The summed E-state index contributed by atoms with van der Waals surface area (Å²) in [5.74, 6) is -1.70. The van der Waals surface area contributed by atoms with E-state index in [2.05, 4.69) is 5.32 Å². The van der Waals surface area contributed by atoms with E-state index in [0.717, 1.165) is 0 Å². The van der Waals surface area contributed by atoms with E-state index in [-0.39, 0.29) is 24.6 Å². The molecular weight excluding hydrogens is 293 g/mol. The Hall–Kier alpha value is -2.15. The van der Waals surface area contributed by atoms with E-state index in [1.165, 1.54) is 24.3 Å². The van der Waals surface area contributed by atoms with Crippen LogP contribution < -0.4 is 10.1 Å². The van der Waals surface area contributed by atoms with Gasteiger partial charge in [0.25, 0.3) is 0 Å². The van der Waals surface area contributed by atoms with Crippen molar-refractivity contribution >= 4 is 11.9 Å². The Kier molecular flexibility index (Phi) is 7.91. The van der Waals surface area contributed by atoms with Crippen LogP contribution in [0.4, 0.5) is 4.39 Å². The molecular formula is C15H20FNO5. The highest BCUT2D eigenvalue weighted by atomic mass is 19.1. The molecule has 0 saturated carbocycles. The van der Waals surface area contributed by atoms with Crippen molar-refractivity contribution in [2.24, 2.45) is 0 Å². The molecule has 0 radical (unpaired) electrons. The van der Waals surface area contributed by atoms with E-state index in [9.17, 15) is 14.0 Å². The molecule has 1 unspecified atom stereocenters. The zero-order valence-electron chi connectivity index (χ0n) is 12.4. The SMILES string of the molecule is CCOCCCC(=O)NCC(Oc1ccc(F)cc1)C(=O)O. The van der Waals surface area contributed by atoms with Crippen molar-refractivity contribution in [1.82, 2.24) is 5.32 Å². The van der Waals surface area contributed by atoms with E-state index < -0.39 is 17.9 Å². The highest BCUT2D eigenvalue weighted by Crippen LogP contribution is 2.13. The first-order chi connectivity index (χ1) is 10.5. The average Bonchev–Trinajstić information content (AvgIpc) is 2.49. The molecule has 0 aliphatic heterocycles. The molecule has 1 atom stereocenters. The molecule has 0 fully saturated rings. The minimum absolute atomic E-state index is 0.166. The van der Waals surface area contributed by atoms with Gasteiger partial charge >= 0.3 is 5.97 Å². The van der Waals surface area contributed by atoms with Crippen LogP contribution in [0.1, 0.15) is 19.8 Å². The number of carbonyl (C=O) groups excluding carboxylic acids is 1. The smallest absolute Gasteiger partial charge is 0.346 e. The minimum atomic E-state index is -1.23. The van der Waals surface area contributed by atoms with Gasteiger partial charge in [-0.1, -0.05) is 0 Å². The number of hydrogen-bond donors (Lipinski definition) is 2. The number of nitrogens with one attached hydrogen (secondary N) is 1. The van der Waals surface area contributed by atoms with Crippen LogP contribution in [0.5, 0.6) is 5.75 Å². The molecule has 0 spiro atoms. The van der Waals surface area contributed by atoms with E-state index in [1.54, 1.807) is 0 Å². The summed E-state index contributed by atoms with van der Waals surface area (Å²) in [6.07, 6.45) is -0.416. The van der Waals surface area contributed by atoms with Crippen LogP contribution in [0.25, 0.3) is 0 Å². The van der Waals surface area contributed by atoms with E-state index >= 15 is 0 Å². The van der Waals surface area contributed by atoms with E-state index in [1.807, 2.05) is 6.92 Å². The Morgan fingerprint density at radius 3 is 2.59 bits per heavy atom. The van der Waals surface area contributed by atoms with Gasteiger partial charge in [0.15, 0.2) is 0 Å². The lowest BCUT2D eigenvalue weighted by Crippen LogP contribution is -2.40. The van der Waals surface area contributed by atoms with Crippen molar-refractivity contribution in [1.29, 1.82) is 0 Å². The molecule has 122 valence electrons. The maximum absolute atomic E-state index is 12.8. The third kappa shape index (κ3) is 7.03. The summed E-state index contributed by atoms with van der Waals surface area (Å²) in [6.45, 7) is 2.77. The van der Waals surface area contributed by atoms with Crippen LogP contribution in [0.2, 0.25) is 0 Å². The number of carboxylic acid groups (broad SMARTS) is 1. The van der Waals surface area contributed by atoms with Crippen LogP contribution >= 0.6 is 0 Å². The van der Waals surface area contributed by atoms with Crippen LogP contribution in [-0.2, 0) is 14.3 Å². The first kappa shape index (κ1) is 17.9. The summed E-state index contributed by atoms with van der Waals surface area (Å²) in [4.78, 5) is 22.7. The lowest BCUT2D eigenvalue weighted by atomic mass is 10.3. The summed E-state index contributed by atoms with van der Waals surface area (Å²) in [5, 5.41) is 11.6. The Balaban J connectivity index is 2.39. The molecule has 0 aromatic heterocycles. The van der Waals surface area contributed by atoms with Gasteiger partial charge in [0.2, 0.25) is 12.0 Å². The normalized spacial score (nSPS) is 11.7. The topological polar surface area (TPSA) is 84.9 Å². The highest BCUT2D eigenvalue weighted by Gasteiger charge is 2.20. The number of ether oxygens (including phenoxy) is 2. The highest BCUT2D eigenvalue weighted by molar-refractivity contribution is 5.78. The molecule has 0 aliphatic rings. The predicted octanol–water partition coefficient (Wildman–Crippen LogP) is 1.59. The van der Waals surface area contributed by atoms with Crippen molar-refractivity contribution in [3.8, 4) is 5.75 Å². The van der Waals surface area contributed by atoms with Crippen molar-refractivity contribution in [2.75, 3.05) is 19.8 Å². The standard InChI is InChI=1S/C15H20FNO5/c1-2-21-9-3-4-14(18)17-10-13(15(19)20)22-12-7-5-11(16)6-8-12/h5-8,13H,2-4,9-10H2,1H3,(H,17,18)(H,19,20). The lowest BCUT2D eigenvalue weighted by Gasteiger charge is -2.15. The quantitative estimate of drug-likeness (QED) is 0.641. The summed E-state index contributed by atoms with van der Waals surface area (Å²) in [5.41, 5.74) is 0. The van der Waals surface area contributed by atoms with Gasteiger partial charge < -0.3 is 19.9 Å². The summed E-state index contributed by atoms with van der Waals surface area (Å²) in [7, 11) is 0.